The molecule has 0 atom stereocenters. The summed E-state index contributed by atoms with van der Waals surface area (Å²) >= 11 is 1.71. The van der Waals surface area contributed by atoms with Gasteiger partial charge < -0.3 is 39.1 Å². The minimum Gasteiger partial charge on any atom is -1.00 e. The lowest BCUT2D eigenvalue weighted by atomic mass is 10.2. The monoisotopic (exact) mass is 471 g/mol. The Bertz CT molecular complexity index is 897. The molecule has 0 spiro atoms. The zero-order valence-electron chi connectivity index (χ0n) is 14.3. The van der Waals surface area contributed by atoms with Crippen LogP contribution >= 0.6 is 11.3 Å². The molecule has 0 bridgehead atoms. The minimum absolute atomic E-state index is 0. The first-order chi connectivity index (χ1) is 11.6. The number of benzene rings is 2. The minimum atomic E-state index is 0. The number of anilines is 1. The fourth-order valence-electron chi connectivity index (χ4n) is 2.64. The highest BCUT2D eigenvalue weighted by atomic mass is 127. The lowest BCUT2D eigenvalue weighted by molar-refractivity contribution is -0.00000705. The van der Waals surface area contributed by atoms with Gasteiger partial charge in [0.2, 0.25) is 5.36 Å². The number of aliphatic hydroxyl groups excluding tert-OH is 2. The second kappa shape index (κ2) is 8.88. The maximum absolute atomic E-state index is 9.10. The SMILES string of the molecule is CN(CCO)c1ccc2nc3ccc(=[N+](C)CCO)cc-3sc2c1.[I-]. The first-order valence-corrected chi connectivity index (χ1v) is 8.75. The number of nitrogens with zero attached hydrogens (tertiary/aromatic N) is 3. The molecule has 2 N–H and O–H groups in total. The number of hydrogen-bond donors (Lipinski definition) is 2. The van der Waals surface area contributed by atoms with Crippen molar-refractivity contribution in [3.8, 4) is 10.6 Å². The predicted octanol–water partition coefficient (Wildman–Crippen LogP) is -1.77. The van der Waals surface area contributed by atoms with Gasteiger partial charge in [-0.15, -0.1) is 11.3 Å². The Morgan fingerprint density at radius 3 is 2.64 bits per heavy atom. The quantitative estimate of drug-likeness (QED) is 0.263. The molecule has 25 heavy (non-hydrogen) atoms. The van der Waals surface area contributed by atoms with Crippen LogP contribution in [0.5, 0.6) is 0 Å². The van der Waals surface area contributed by atoms with E-state index in [9.17, 15) is 0 Å². The Morgan fingerprint density at radius 1 is 1.12 bits per heavy atom. The van der Waals surface area contributed by atoms with Crippen LogP contribution in [0.3, 0.4) is 0 Å². The Hall–Kier alpha value is -1.29. The van der Waals surface area contributed by atoms with Crippen LogP contribution in [0.25, 0.3) is 20.8 Å². The molecule has 1 aliphatic carbocycles. The van der Waals surface area contributed by atoms with Crippen LogP contribution in [0, 0.1) is 0 Å². The summed E-state index contributed by atoms with van der Waals surface area (Å²) < 4.78 is 3.15. The molecule has 0 radical (unpaired) electrons. The number of rotatable bonds is 5. The summed E-state index contributed by atoms with van der Waals surface area (Å²) in [6, 6.07) is 12.4. The number of likely N-dealkylation sites (N-methyl/N-ethyl adjacent to an activating group) is 2. The van der Waals surface area contributed by atoms with E-state index in [1.54, 1.807) is 11.3 Å². The van der Waals surface area contributed by atoms with Gasteiger partial charge in [-0.2, -0.15) is 0 Å². The molecule has 0 amide bonds. The summed E-state index contributed by atoms with van der Waals surface area (Å²) in [5.41, 5.74) is 3.03. The first-order valence-electron chi connectivity index (χ1n) is 7.94. The Balaban J connectivity index is 0.00000225. The van der Waals surface area contributed by atoms with Gasteiger partial charge in [0, 0.05) is 31.4 Å². The molecule has 5 nitrogen and oxygen atoms in total. The summed E-state index contributed by atoms with van der Waals surface area (Å²) in [6.45, 7) is 1.48. The summed E-state index contributed by atoms with van der Waals surface area (Å²) in [5.74, 6) is 0. The smallest absolute Gasteiger partial charge is 0.201 e. The molecule has 0 fully saturated rings. The predicted molar refractivity (Wildman–Crippen MR) is 99.7 cm³/mol. The second-order valence-electron chi connectivity index (χ2n) is 5.81. The molecule has 3 rings (SSSR count). The molecule has 1 heterocycles. The number of hydrogen-bond acceptors (Lipinski definition) is 5. The molecule has 0 saturated carbocycles. The number of halogens is 1. The van der Waals surface area contributed by atoms with Gasteiger partial charge in [0.25, 0.3) is 0 Å². The summed E-state index contributed by atoms with van der Waals surface area (Å²) in [4.78, 5) is 7.89. The van der Waals surface area contributed by atoms with E-state index in [0.29, 0.717) is 13.1 Å². The fraction of sp³-hybridized carbons (Fsp3) is 0.333. The van der Waals surface area contributed by atoms with Gasteiger partial charge in [-0.05, 0) is 24.3 Å². The molecule has 1 aromatic rings. The zero-order chi connectivity index (χ0) is 17.1. The highest BCUT2D eigenvalue weighted by Crippen LogP contribution is 2.31. The molecule has 134 valence electrons. The van der Waals surface area contributed by atoms with Crippen molar-refractivity contribution in [2.45, 2.75) is 0 Å². The third-order valence-electron chi connectivity index (χ3n) is 4.10. The molecule has 1 aromatic carbocycles. The molecular formula is C18H22IN3O2S. The molecule has 2 aliphatic rings. The molecule has 0 unspecified atom stereocenters. The maximum Gasteiger partial charge on any atom is 0.201 e. The van der Waals surface area contributed by atoms with Gasteiger partial charge in [-0.25, -0.2) is 9.56 Å². The van der Waals surface area contributed by atoms with Crippen molar-refractivity contribution >= 4 is 27.2 Å². The van der Waals surface area contributed by atoms with Gasteiger partial charge in [0.15, 0.2) is 6.54 Å². The lowest BCUT2D eigenvalue weighted by Crippen LogP contribution is -3.00. The molecule has 0 aromatic heterocycles. The average molecular weight is 471 g/mol. The number of aromatic nitrogens is 1. The lowest BCUT2D eigenvalue weighted by Gasteiger charge is -2.18. The van der Waals surface area contributed by atoms with E-state index >= 15 is 0 Å². The number of aliphatic hydroxyl groups is 2. The molecule has 0 saturated heterocycles. The topological polar surface area (TPSA) is 59.6 Å². The Kier molecular flexibility index (Phi) is 7.12. The van der Waals surface area contributed by atoms with Crippen LogP contribution in [0.15, 0.2) is 36.4 Å². The summed E-state index contributed by atoms with van der Waals surface area (Å²) in [5, 5.41) is 19.3. The van der Waals surface area contributed by atoms with E-state index in [-0.39, 0.29) is 37.2 Å². The van der Waals surface area contributed by atoms with Crippen LogP contribution in [-0.2, 0) is 0 Å². The van der Waals surface area contributed by atoms with Gasteiger partial charge in [0.05, 0.1) is 27.4 Å². The van der Waals surface area contributed by atoms with Crippen LogP contribution in [0.1, 0.15) is 0 Å². The Labute approximate surface area is 168 Å². The van der Waals surface area contributed by atoms with Crippen molar-refractivity contribution in [1.29, 1.82) is 0 Å². The summed E-state index contributed by atoms with van der Waals surface area (Å²) in [7, 11) is 3.94. The van der Waals surface area contributed by atoms with E-state index in [2.05, 4.69) is 12.1 Å². The maximum atomic E-state index is 9.10. The van der Waals surface area contributed by atoms with E-state index in [1.807, 2.05) is 47.8 Å². The first kappa shape index (κ1) is 20.0. The highest BCUT2D eigenvalue weighted by Gasteiger charge is 2.10. The Morgan fingerprint density at radius 2 is 1.92 bits per heavy atom. The molecular weight excluding hydrogens is 449 g/mol. The summed E-state index contributed by atoms with van der Waals surface area (Å²) in [6.07, 6.45) is 0. The van der Waals surface area contributed by atoms with Crippen LogP contribution in [0.4, 0.5) is 5.69 Å². The van der Waals surface area contributed by atoms with Crippen molar-refractivity contribution in [2.24, 2.45) is 0 Å². The van der Waals surface area contributed by atoms with Gasteiger partial charge in [-0.3, -0.25) is 0 Å². The van der Waals surface area contributed by atoms with Crippen molar-refractivity contribution in [2.75, 3.05) is 45.3 Å². The second-order valence-corrected chi connectivity index (χ2v) is 6.89. The van der Waals surface area contributed by atoms with Crippen molar-refractivity contribution < 1.29 is 34.2 Å². The van der Waals surface area contributed by atoms with Crippen LogP contribution in [0.2, 0.25) is 0 Å². The van der Waals surface area contributed by atoms with E-state index < -0.39 is 0 Å². The average Bonchev–Trinajstić information content (AvgIpc) is 2.59. The van der Waals surface area contributed by atoms with Gasteiger partial charge in [0.1, 0.15) is 13.7 Å². The fourth-order valence-corrected chi connectivity index (χ4v) is 3.67. The van der Waals surface area contributed by atoms with Crippen molar-refractivity contribution in [3.05, 3.63) is 41.8 Å². The third kappa shape index (κ3) is 4.46. The van der Waals surface area contributed by atoms with E-state index in [4.69, 9.17) is 15.2 Å². The van der Waals surface area contributed by atoms with Crippen LogP contribution < -0.4 is 38.8 Å². The van der Waals surface area contributed by atoms with Crippen molar-refractivity contribution in [3.63, 3.8) is 0 Å². The zero-order valence-corrected chi connectivity index (χ0v) is 17.3. The highest BCUT2D eigenvalue weighted by molar-refractivity contribution is 7.21. The van der Waals surface area contributed by atoms with E-state index in [0.717, 1.165) is 31.8 Å². The largest absolute Gasteiger partial charge is 1.00 e. The van der Waals surface area contributed by atoms with Gasteiger partial charge >= 0.3 is 0 Å². The van der Waals surface area contributed by atoms with Gasteiger partial charge in [-0.1, -0.05) is 0 Å². The standard InChI is InChI=1S/C18H22N3O2S.HI/c1-20(7-9-22)13-3-5-15-17(11-13)24-18-12-14(21(2)8-10-23)4-6-16(18)19-15;/h3-6,11-12,22-23H,7-10H2,1-2H3;1H/q+1;/p-1. The van der Waals surface area contributed by atoms with E-state index in [1.165, 1.54) is 0 Å². The van der Waals surface area contributed by atoms with Crippen LogP contribution in [-0.4, -0.2) is 55.6 Å². The normalized spacial score (nSPS) is 12.2. The molecule has 1 aliphatic heterocycles. The van der Waals surface area contributed by atoms with Crippen molar-refractivity contribution in [1.82, 2.24) is 9.56 Å². The number of fused-ring (bicyclic) bond motifs is 2. The molecule has 7 heteroatoms. The third-order valence-corrected chi connectivity index (χ3v) is 5.19.